The average molecular weight is 549 g/mol. The van der Waals surface area contributed by atoms with Gasteiger partial charge >= 0.3 is 5.97 Å². The molecule has 5 rings (SSSR count). The number of fused-ring (bicyclic) bond motifs is 2. The van der Waals surface area contributed by atoms with E-state index in [-0.39, 0.29) is 26.6 Å². The number of thioether (sulfide) groups is 1. The standard InChI is InChI=1S/C21H18ClN7O5S2/c1-34-26-13(12-16(22)36-21(23)25-12)17(30)24-14-18(31)29-15(20(32)33)10(8-35-19(14)29)6-27-7-11-4-2-3-5-28(11)9-27/h2-5,7,9,14,19H,6,8H2,1H3,(H3-,23,24,25,30,32,33)/p+1/b26-13-/t14-,19-/m1/s1. The first-order valence-electron chi connectivity index (χ1n) is 10.5. The predicted molar refractivity (Wildman–Crippen MR) is 132 cm³/mol. The van der Waals surface area contributed by atoms with Gasteiger partial charge in [-0.05, 0) is 12.1 Å². The number of thiazole rings is 1. The SMILES string of the molecule is CO/N=C(\C(=O)N[C@@H]1C(=O)N2C(C(=O)O)=C(C[n+]3cc4ccccn4c3)CS[C@H]12)c1nc(N)sc1Cl. The third kappa shape index (κ3) is 4.16. The number of rotatable bonds is 7. The van der Waals surface area contributed by atoms with Gasteiger partial charge < -0.3 is 21.0 Å². The lowest BCUT2D eigenvalue weighted by Gasteiger charge is -2.49. The van der Waals surface area contributed by atoms with E-state index in [4.69, 9.17) is 22.2 Å². The Kier molecular flexibility index (Phi) is 6.32. The van der Waals surface area contributed by atoms with Crippen LogP contribution in [0.25, 0.3) is 5.52 Å². The van der Waals surface area contributed by atoms with Crippen molar-refractivity contribution in [2.24, 2.45) is 5.16 Å². The number of carboxylic acid groups (broad SMARTS) is 1. The Morgan fingerprint density at radius 3 is 2.92 bits per heavy atom. The number of carboxylic acids is 1. The van der Waals surface area contributed by atoms with Gasteiger partial charge in [0.25, 0.3) is 11.8 Å². The zero-order valence-corrected chi connectivity index (χ0v) is 21.0. The van der Waals surface area contributed by atoms with E-state index in [9.17, 15) is 19.5 Å². The van der Waals surface area contributed by atoms with Crippen molar-refractivity contribution >= 4 is 68.8 Å². The zero-order chi connectivity index (χ0) is 25.6. The quantitative estimate of drug-likeness (QED) is 0.169. The Balaban J connectivity index is 1.36. The maximum atomic E-state index is 13.0. The molecule has 2 amide bonds. The summed E-state index contributed by atoms with van der Waals surface area (Å²) in [5, 5.41) is 15.8. The molecule has 2 aliphatic rings. The largest absolute Gasteiger partial charge is 0.477 e. The molecule has 0 saturated carbocycles. The van der Waals surface area contributed by atoms with Crippen LogP contribution >= 0.6 is 34.7 Å². The van der Waals surface area contributed by atoms with Gasteiger partial charge in [0.2, 0.25) is 6.33 Å². The number of imidazole rings is 1. The van der Waals surface area contributed by atoms with Crippen molar-refractivity contribution in [3.63, 3.8) is 0 Å². The maximum absolute atomic E-state index is 13.0. The first-order valence-corrected chi connectivity index (χ1v) is 12.7. The molecule has 0 unspecified atom stereocenters. The van der Waals surface area contributed by atoms with Gasteiger partial charge in [0.1, 0.15) is 47.0 Å². The first-order chi connectivity index (χ1) is 17.3. The number of nitrogen functional groups attached to an aromatic ring is 1. The number of nitrogens with two attached hydrogens (primary N) is 1. The summed E-state index contributed by atoms with van der Waals surface area (Å²) in [5.74, 6) is -2.12. The fraction of sp³-hybridized carbons (Fsp3) is 0.238. The number of hydrogen-bond acceptors (Lipinski definition) is 9. The lowest BCUT2D eigenvalue weighted by Crippen LogP contribution is -2.71. The number of carbonyl (C=O) groups is 3. The molecular formula is C21H19ClN7O5S2+. The van der Waals surface area contributed by atoms with Gasteiger partial charge in [0, 0.05) is 11.3 Å². The van der Waals surface area contributed by atoms with Crippen molar-refractivity contribution < 1.29 is 28.9 Å². The minimum absolute atomic E-state index is 0.0313. The molecular weight excluding hydrogens is 530 g/mol. The van der Waals surface area contributed by atoms with E-state index in [0.29, 0.717) is 17.9 Å². The molecule has 3 aromatic heterocycles. The van der Waals surface area contributed by atoms with E-state index in [2.05, 4.69) is 15.5 Å². The number of pyridine rings is 1. The monoisotopic (exact) mass is 548 g/mol. The van der Waals surface area contributed by atoms with Crippen molar-refractivity contribution in [3.8, 4) is 0 Å². The number of anilines is 1. The van der Waals surface area contributed by atoms with E-state index < -0.39 is 29.2 Å². The molecule has 15 heteroatoms. The van der Waals surface area contributed by atoms with Gasteiger partial charge in [-0.1, -0.05) is 34.2 Å². The Hall–Kier alpha value is -3.62. The van der Waals surface area contributed by atoms with Crippen LogP contribution in [-0.4, -0.2) is 67.2 Å². The minimum atomic E-state index is -1.20. The van der Waals surface area contributed by atoms with Crippen molar-refractivity contribution in [1.29, 1.82) is 0 Å². The van der Waals surface area contributed by atoms with Crippen molar-refractivity contribution in [2.45, 2.75) is 18.0 Å². The normalized spacial score (nSPS) is 19.8. The number of aromatic nitrogens is 3. The van der Waals surface area contributed by atoms with Crippen LogP contribution in [0.3, 0.4) is 0 Å². The molecule has 3 aromatic rings. The average Bonchev–Trinajstić information content (AvgIpc) is 3.41. The lowest BCUT2D eigenvalue weighted by molar-refractivity contribution is -0.687. The summed E-state index contributed by atoms with van der Waals surface area (Å²) in [6, 6.07) is 4.79. The highest BCUT2D eigenvalue weighted by atomic mass is 35.5. The van der Waals surface area contributed by atoms with Crippen LogP contribution < -0.4 is 15.6 Å². The third-order valence-corrected chi connectivity index (χ3v) is 8.05. The Morgan fingerprint density at radius 2 is 2.25 bits per heavy atom. The molecule has 0 aliphatic carbocycles. The van der Waals surface area contributed by atoms with Crippen LogP contribution in [0.15, 0.2) is 53.3 Å². The van der Waals surface area contributed by atoms with Gasteiger partial charge in [-0.3, -0.25) is 14.5 Å². The molecule has 12 nitrogen and oxygen atoms in total. The second-order valence-electron chi connectivity index (χ2n) is 7.86. The van der Waals surface area contributed by atoms with Crippen molar-refractivity contribution in [2.75, 3.05) is 18.6 Å². The number of oxime groups is 1. The molecule has 4 N–H and O–H groups in total. The molecule has 186 valence electrons. The molecule has 0 spiro atoms. The Bertz CT molecular complexity index is 1430. The number of nitrogens with one attached hydrogen (secondary N) is 1. The van der Waals surface area contributed by atoms with Crippen LogP contribution in [0.2, 0.25) is 4.34 Å². The summed E-state index contributed by atoms with van der Waals surface area (Å²) in [7, 11) is 1.25. The summed E-state index contributed by atoms with van der Waals surface area (Å²) in [5.41, 5.74) is 6.93. The topological polar surface area (TPSA) is 156 Å². The Labute approximate surface area is 217 Å². The fourth-order valence-electron chi connectivity index (χ4n) is 4.11. The minimum Gasteiger partial charge on any atom is -0.477 e. The van der Waals surface area contributed by atoms with Crippen LogP contribution in [0.1, 0.15) is 5.69 Å². The number of amides is 2. The van der Waals surface area contributed by atoms with E-state index in [1.165, 1.54) is 23.8 Å². The number of hydrogen-bond donors (Lipinski definition) is 3. The summed E-state index contributed by atoms with van der Waals surface area (Å²) in [4.78, 5) is 48.1. The Morgan fingerprint density at radius 1 is 1.44 bits per heavy atom. The third-order valence-electron chi connectivity index (χ3n) is 5.63. The molecule has 0 aromatic carbocycles. The van der Waals surface area contributed by atoms with Gasteiger partial charge in [-0.2, -0.15) is 0 Å². The van der Waals surface area contributed by atoms with E-state index in [1.54, 1.807) is 0 Å². The molecule has 0 radical (unpaired) electrons. The highest BCUT2D eigenvalue weighted by molar-refractivity contribution is 8.00. The molecule has 0 bridgehead atoms. The number of β-lactam (4-membered cyclic amide) rings is 1. The first kappa shape index (κ1) is 24.1. The van der Waals surface area contributed by atoms with Crippen molar-refractivity contribution in [1.82, 2.24) is 19.6 Å². The van der Waals surface area contributed by atoms with Crippen molar-refractivity contribution in [3.05, 3.63) is 58.2 Å². The molecule has 1 saturated heterocycles. The number of nitrogens with zero attached hydrogens (tertiary/aromatic N) is 5. The maximum Gasteiger partial charge on any atom is 0.352 e. The molecule has 36 heavy (non-hydrogen) atoms. The number of aliphatic carboxylic acids is 1. The summed E-state index contributed by atoms with van der Waals surface area (Å²) in [6.45, 7) is 0.304. The van der Waals surface area contributed by atoms with E-state index >= 15 is 0 Å². The van der Waals surface area contributed by atoms with E-state index in [0.717, 1.165) is 16.9 Å². The van der Waals surface area contributed by atoms with E-state index in [1.807, 2.05) is 45.9 Å². The smallest absolute Gasteiger partial charge is 0.352 e. The lowest BCUT2D eigenvalue weighted by atomic mass is 10.0. The van der Waals surface area contributed by atoms with Gasteiger partial charge in [-0.15, -0.1) is 11.8 Å². The fourth-order valence-corrected chi connectivity index (χ4v) is 6.38. The van der Waals surface area contributed by atoms with Crippen LogP contribution in [0, 0.1) is 0 Å². The molecule has 2 atom stereocenters. The highest BCUT2D eigenvalue weighted by Gasteiger charge is 2.54. The van der Waals surface area contributed by atoms with Crippen LogP contribution in [-0.2, 0) is 25.8 Å². The summed E-state index contributed by atoms with van der Waals surface area (Å²) < 4.78 is 3.93. The second-order valence-corrected chi connectivity index (χ2v) is 10.6. The second kappa shape index (κ2) is 9.44. The van der Waals surface area contributed by atoms with Gasteiger partial charge in [0.05, 0.1) is 6.20 Å². The molecule has 1 fully saturated rings. The van der Waals surface area contributed by atoms with Crippen LogP contribution in [0.4, 0.5) is 5.13 Å². The number of halogens is 1. The predicted octanol–water partition coefficient (Wildman–Crippen LogP) is 0.708. The zero-order valence-electron chi connectivity index (χ0n) is 18.6. The molecule has 5 heterocycles. The van der Waals surface area contributed by atoms with Crippen LogP contribution in [0.5, 0.6) is 0 Å². The van der Waals surface area contributed by atoms with Gasteiger partial charge in [0.15, 0.2) is 16.4 Å². The number of carbonyl (C=O) groups excluding carboxylic acids is 2. The highest BCUT2D eigenvalue weighted by Crippen LogP contribution is 2.40. The summed E-state index contributed by atoms with van der Waals surface area (Å²) >= 11 is 8.45. The summed E-state index contributed by atoms with van der Waals surface area (Å²) in [6.07, 6.45) is 5.65. The molecule has 2 aliphatic heterocycles. The van der Waals surface area contributed by atoms with Gasteiger partial charge in [-0.25, -0.2) is 18.7 Å².